The zero-order valence-electron chi connectivity index (χ0n) is 15.5. The molecule has 1 amide bonds. The number of likely N-dealkylation sites (tertiary alicyclic amines) is 1. The summed E-state index contributed by atoms with van der Waals surface area (Å²) in [5.74, 6) is 1.41. The van der Waals surface area contributed by atoms with Gasteiger partial charge in [0.15, 0.2) is 0 Å². The second-order valence-electron chi connectivity index (χ2n) is 7.74. The Morgan fingerprint density at radius 1 is 1.30 bits per heavy atom. The number of methoxy groups -OCH3 is 1. The molecule has 2 N–H and O–H groups in total. The molecule has 4 rings (SSSR count). The van der Waals surface area contributed by atoms with Gasteiger partial charge in [-0.1, -0.05) is 0 Å². The second-order valence-corrected chi connectivity index (χ2v) is 7.74. The van der Waals surface area contributed by atoms with E-state index in [2.05, 4.69) is 9.97 Å². The first kappa shape index (κ1) is 17.8. The number of carbonyl (C=O) groups excluding carboxylic acids is 1. The van der Waals surface area contributed by atoms with Crippen LogP contribution in [0.1, 0.15) is 31.5 Å². The molecule has 1 aromatic carbocycles. The van der Waals surface area contributed by atoms with Gasteiger partial charge in [0, 0.05) is 37.9 Å². The van der Waals surface area contributed by atoms with Gasteiger partial charge in [-0.15, -0.1) is 0 Å². The largest absolute Gasteiger partial charge is 0.497 e. The number of aromatic nitrogens is 2. The first-order valence-electron chi connectivity index (χ1n) is 9.56. The Labute approximate surface area is 157 Å². The van der Waals surface area contributed by atoms with Crippen molar-refractivity contribution >= 4 is 22.9 Å². The summed E-state index contributed by atoms with van der Waals surface area (Å²) in [7, 11) is 1.63. The first-order chi connectivity index (χ1) is 13.0. The van der Waals surface area contributed by atoms with Crippen LogP contribution in [0, 0.1) is 17.8 Å². The number of hydrogen-bond acceptors (Lipinski definition) is 4. The number of piperidine rings is 1. The molecule has 1 aliphatic heterocycles. The molecule has 7 nitrogen and oxygen atoms in total. The highest BCUT2D eigenvalue weighted by Gasteiger charge is 2.38. The van der Waals surface area contributed by atoms with Gasteiger partial charge in [0.05, 0.1) is 18.1 Å². The lowest BCUT2D eigenvalue weighted by molar-refractivity contribution is -0.140. The summed E-state index contributed by atoms with van der Waals surface area (Å²) in [5.41, 5.74) is 1.77. The Bertz CT molecular complexity index is 858. The minimum atomic E-state index is -0.777. The van der Waals surface area contributed by atoms with Crippen LogP contribution in [0.5, 0.6) is 5.75 Å². The Kier molecular flexibility index (Phi) is 4.76. The van der Waals surface area contributed by atoms with Crippen LogP contribution >= 0.6 is 0 Å². The fraction of sp³-hybridized carbons (Fsp3) is 0.550. The van der Waals surface area contributed by atoms with Crippen molar-refractivity contribution in [3.63, 3.8) is 0 Å². The van der Waals surface area contributed by atoms with Crippen LogP contribution in [0.4, 0.5) is 0 Å². The maximum atomic E-state index is 12.5. The van der Waals surface area contributed by atoms with E-state index in [1.807, 2.05) is 23.1 Å². The molecule has 1 saturated carbocycles. The van der Waals surface area contributed by atoms with E-state index in [1.165, 1.54) is 0 Å². The number of fused-ring (bicyclic) bond motifs is 1. The molecule has 0 spiro atoms. The number of H-pyrrole nitrogens is 1. The molecule has 0 radical (unpaired) electrons. The number of nitrogens with zero attached hydrogens (tertiary/aromatic N) is 2. The summed E-state index contributed by atoms with van der Waals surface area (Å²) in [6.07, 6.45) is 3.50. The molecule has 0 bridgehead atoms. The minimum Gasteiger partial charge on any atom is -0.497 e. The van der Waals surface area contributed by atoms with Crippen LogP contribution in [0.3, 0.4) is 0 Å². The molecular formula is C20H25N3O4. The average molecular weight is 371 g/mol. The Hall–Kier alpha value is -2.57. The lowest BCUT2D eigenvalue weighted by atomic mass is 9.81. The van der Waals surface area contributed by atoms with E-state index in [4.69, 9.17) is 4.74 Å². The Morgan fingerprint density at radius 3 is 2.81 bits per heavy atom. The summed E-state index contributed by atoms with van der Waals surface area (Å²) in [4.78, 5) is 33.7. The number of rotatable bonds is 6. The summed E-state index contributed by atoms with van der Waals surface area (Å²) in [6, 6.07) is 5.69. The van der Waals surface area contributed by atoms with Crippen molar-refractivity contribution in [1.29, 1.82) is 0 Å². The zero-order chi connectivity index (χ0) is 19.0. The van der Waals surface area contributed by atoms with E-state index in [-0.39, 0.29) is 30.1 Å². The number of carboxylic acids is 1. The fourth-order valence-corrected chi connectivity index (χ4v) is 4.11. The second kappa shape index (κ2) is 7.21. The number of carboxylic acid groups (broad SMARTS) is 1. The lowest BCUT2D eigenvalue weighted by Gasteiger charge is -2.38. The molecule has 144 valence electrons. The molecule has 2 aromatic rings. The van der Waals surface area contributed by atoms with E-state index in [0.717, 1.165) is 41.9 Å². The SMILES string of the molecule is COc1ccc2nc(C[C@H]3CN(C(=O)C4CC4)CC[C@H]3CC(=O)O)[nH]c2c1. The van der Waals surface area contributed by atoms with Crippen molar-refractivity contribution in [3.8, 4) is 5.75 Å². The van der Waals surface area contributed by atoms with Crippen molar-refractivity contribution in [2.45, 2.75) is 32.1 Å². The molecule has 1 aliphatic carbocycles. The van der Waals surface area contributed by atoms with E-state index < -0.39 is 5.97 Å². The standard InChI is InChI=1S/C20H25N3O4/c1-27-15-4-5-16-17(10-15)22-18(21-16)8-14-11-23(20(26)12-2-3-12)7-6-13(14)9-19(24)25/h4-5,10,12-14H,2-3,6-9,11H2,1H3,(H,21,22)(H,24,25)/t13-,14-/m0/s1. The van der Waals surface area contributed by atoms with E-state index in [1.54, 1.807) is 7.11 Å². The van der Waals surface area contributed by atoms with Gasteiger partial charge in [0.25, 0.3) is 0 Å². The highest BCUT2D eigenvalue weighted by molar-refractivity contribution is 5.81. The van der Waals surface area contributed by atoms with Crippen molar-refractivity contribution in [2.75, 3.05) is 20.2 Å². The number of benzene rings is 1. The molecule has 2 aliphatic rings. The van der Waals surface area contributed by atoms with Gasteiger partial charge in [-0.3, -0.25) is 9.59 Å². The van der Waals surface area contributed by atoms with Gasteiger partial charge in [0.1, 0.15) is 11.6 Å². The maximum absolute atomic E-state index is 12.5. The summed E-state index contributed by atoms with van der Waals surface area (Å²) >= 11 is 0. The monoisotopic (exact) mass is 371 g/mol. The number of hydrogen-bond donors (Lipinski definition) is 2. The van der Waals surface area contributed by atoms with Crippen molar-refractivity contribution in [1.82, 2.24) is 14.9 Å². The van der Waals surface area contributed by atoms with Gasteiger partial charge in [-0.2, -0.15) is 0 Å². The quantitative estimate of drug-likeness (QED) is 0.813. The van der Waals surface area contributed by atoms with Crippen molar-refractivity contribution < 1.29 is 19.4 Å². The van der Waals surface area contributed by atoms with Crippen molar-refractivity contribution in [2.24, 2.45) is 17.8 Å². The first-order valence-corrected chi connectivity index (χ1v) is 9.56. The topological polar surface area (TPSA) is 95.5 Å². The minimum absolute atomic E-state index is 0.0634. The molecule has 1 aromatic heterocycles. The normalized spacial score (nSPS) is 22.8. The van der Waals surface area contributed by atoms with Gasteiger partial charge in [-0.05, 0) is 43.2 Å². The van der Waals surface area contributed by atoms with Crippen LogP contribution in [-0.4, -0.2) is 52.1 Å². The molecule has 2 atom stereocenters. The number of aromatic amines is 1. The molecule has 0 unspecified atom stereocenters. The van der Waals surface area contributed by atoms with Gasteiger partial charge >= 0.3 is 5.97 Å². The predicted molar refractivity (Wildman–Crippen MR) is 99.5 cm³/mol. The number of imidazole rings is 1. The molecular weight excluding hydrogens is 346 g/mol. The van der Waals surface area contributed by atoms with E-state index in [9.17, 15) is 14.7 Å². The Morgan fingerprint density at radius 2 is 2.11 bits per heavy atom. The molecule has 2 heterocycles. The number of carbonyl (C=O) groups is 2. The van der Waals surface area contributed by atoms with E-state index in [0.29, 0.717) is 19.5 Å². The third-order valence-electron chi connectivity index (χ3n) is 5.76. The van der Waals surface area contributed by atoms with Crippen LogP contribution in [0.15, 0.2) is 18.2 Å². The van der Waals surface area contributed by atoms with Crippen LogP contribution < -0.4 is 4.74 Å². The van der Waals surface area contributed by atoms with Crippen LogP contribution in [-0.2, 0) is 16.0 Å². The van der Waals surface area contributed by atoms with Crippen LogP contribution in [0.2, 0.25) is 0 Å². The van der Waals surface area contributed by atoms with E-state index >= 15 is 0 Å². The summed E-state index contributed by atoms with van der Waals surface area (Å²) < 4.78 is 5.25. The zero-order valence-corrected chi connectivity index (χ0v) is 15.5. The molecule has 1 saturated heterocycles. The van der Waals surface area contributed by atoms with Gasteiger partial charge in [-0.25, -0.2) is 4.98 Å². The third-order valence-corrected chi connectivity index (χ3v) is 5.76. The fourth-order valence-electron chi connectivity index (χ4n) is 4.11. The smallest absolute Gasteiger partial charge is 0.303 e. The lowest BCUT2D eigenvalue weighted by Crippen LogP contribution is -2.45. The number of ether oxygens (including phenoxy) is 1. The van der Waals surface area contributed by atoms with Crippen LogP contribution in [0.25, 0.3) is 11.0 Å². The number of aliphatic carboxylic acids is 1. The molecule has 2 fully saturated rings. The maximum Gasteiger partial charge on any atom is 0.303 e. The average Bonchev–Trinajstić information content (AvgIpc) is 3.42. The summed E-state index contributed by atoms with van der Waals surface area (Å²) in [6.45, 7) is 1.29. The number of amides is 1. The van der Waals surface area contributed by atoms with Gasteiger partial charge < -0.3 is 19.7 Å². The highest BCUT2D eigenvalue weighted by atomic mass is 16.5. The Balaban J connectivity index is 1.53. The van der Waals surface area contributed by atoms with Gasteiger partial charge in [0.2, 0.25) is 5.91 Å². The molecule has 27 heavy (non-hydrogen) atoms. The third kappa shape index (κ3) is 3.91. The predicted octanol–water partition coefficient (Wildman–Crippen LogP) is 2.46. The summed E-state index contributed by atoms with van der Waals surface area (Å²) in [5, 5.41) is 9.28. The molecule has 7 heteroatoms. The highest BCUT2D eigenvalue weighted by Crippen LogP contribution is 2.35. The number of nitrogens with one attached hydrogen (secondary N) is 1. The van der Waals surface area contributed by atoms with Crippen molar-refractivity contribution in [3.05, 3.63) is 24.0 Å².